The van der Waals surface area contributed by atoms with Crippen molar-refractivity contribution in [2.45, 2.75) is 4.90 Å². The van der Waals surface area contributed by atoms with Crippen molar-refractivity contribution in [3.05, 3.63) is 62.8 Å². The first kappa shape index (κ1) is 16.1. The molecule has 2 aromatic carbocycles. The molecule has 0 aliphatic rings. The average Bonchev–Trinajstić information content (AvgIpc) is 2.43. The highest BCUT2D eigenvalue weighted by molar-refractivity contribution is 9.11. The minimum atomic E-state index is -3.79. The van der Waals surface area contributed by atoms with E-state index in [-0.39, 0.29) is 10.7 Å². The molecule has 0 bridgehead atoms. The van der Waals surface area contributed by atoms with E-state index in [2.05, 4.69) is 41.8 Å². The minimum Gasteiger partial charge on any atom is -0.207 e. The zero-order valence-electron chi connectivity index (χ0n) is 10.4. The second-order valence-corrected chi connectivity index (χ2v) is 7.38. The van der Waals surface area contributed by atoms with Crippen molar-refractivity contribution >= 4 is 48.1 Å². The summed E-state index contributed by atoms with van der Waals surface area (Å²) in [5.74, 6) is -0.370. The van der Waals surface area contributed by atoms with E-state index >= 15 is 0 Å². The van der Waals surface area contributed by atoms with Crippen LogP contribution in [0.5, 0.6) is 0 Å². The number of rotatable bonds is 4. The second-order valence-electron chi connectivity index (χ2n) is 3.98. The molecule has 8 heteroatoms. The van der Waals surface area contributed by atoms with Crippen LogP contribution in [-0.4, -0.2) is 14.6 Å². The first-order valence-corrected chi connectivity index (χ1v) is 8.71. The Hall–Kier alpha value is -1.25. The summed E-state index contributed by atoms with van der Waals surface area (Å²) in [7, 11) is -3.79. The molecule has 2 rings (SSSR count). The SMILES string of the molecule is O=S(=O)(N/N=C\c1ccc(F)cc1)c1cc(Br)ccc1Br. The van der Waals surface area contributed by atoms with Crippen molar-refractivity contribution in [1.82, 2.24) is 4.83 Å². The molecule has 0 aliphatic heterocycles. The number of nitrogens with zero attached hydrogens (tertiary/aromatic N) is 1. The van der Waals surface area contributed by atoms with Crippen molar-refractivity contribution in [2.24, 2.45) is 5.10 Å². The fraction of sp³-hybridized carbons (Fsp3) is 0. The molecule has 0 aliphatic carbocycles. The van der Waals surface area contributed by atoms with Crippen LogP contribution in [0, 0.1) is 5.82 Å². The number of benzene rings is 2. The number of hydrogen-bond acceptors (Lipinski definition) is 3. The number of hydrazone groups is 1. The van der Waals surface area contributed by atoms with E-state index in [9.17, 15) is 12.8 Å². The third-order valence-corrected chi connectivity index (χ3v) is 5.15. The van der Waals surface area contributed by atoms with E-state index < -0.39 is 10.0 Å². The van der Waals surface area contributed by atoms with Crippen LogP contribution < -0.4 is 4.83 Å². The molecule has 0 heterocycles. The molecule has 0 aromatic heterocycles. The molecule has 2 aromatic rings. The molecular weight excluding hydrogens is 427 g/mol. The van der Waals surface area contributed by atoms with E-state index in [0.29, 0.717) is 14.5 Å². The summed E-state index contributed by atoms with van der Waals surface area (Å²) in [6, 6.07) is 10.3. The number of sulfonamides is 1. The monoisotopic (exact) mass is 434 g/mol. The van der Waals surface area contributed by atoms with Gasteiger partial charge in [-0.15, -0.1) is 0 Å². The second kappa shape index (κ2) is 6.67. The molecule has 0 saturated carbocycles. The Balaban J connectivity index is 2.18. The standard InChI is InChI=1S/C13H9Br2FN2O2S/c14-10-3-6-12(15)13(7-10)21(19,20)18-17-8-9-1-4-11(16)5-2-9/h1-8,18H/b17-8-. The molecule has 0 unspecified atom stereocenters. The predicted molar refractivity (Wildman–Crippen MR) is 86.2 cm³/mol. The molecule has 21 heavy (non-hydrogen) atoms. The van der Waals surface area contributed by atoms with Gasteiger partial charge in [0.25, 0.3) is 10.0 Å². The summed E-state index contributed by atoms with van der Waals surface area (Å²) in [5.41, 5.74) is 0.576. The summed E-state index contributed by atoms with van der Waals surface area (Å²) in [6.45, 7) is 0. The third kappa shape index (κ3) is 4.36. The van der Waals surface area contributed by atoms with Crippen LogP contribution in [0.15, 0.2) is 61.4 Å². The predicted octanol–water partition coefficient (Wildman–Crippen LogP) is 3.66. The fourth-order valence-corrected chi connectivity index (χ4v) is 3.75. The van der Waals surface area contributed by atoms with Crippen LogP contribution in [0.2, 0.25) is 0 Å². The van der Waals surface area contributed by atoms with Gasteiger partial charge in [-0.25, -0.2) is 9.22 Å². The van der Waals surface area contributed by atoms with Crippen molar-refractivity contribution in [1.29, 1.82) is 0 Å². The molecule has 110 valence electrons. The minimum absolute atomic E-state index is 0.0631. The first-order chi connectivity index (χ1) is 9.88. The fourth-order valence-electron chi connectivity index (χ4n) is 1.45. The molecular formula is C13H9Br2FN2O2S. The van der Waals surface area contributed by atoms with Crippen LogP contribution in [-0.2, 0) is 10.0 Å². The van der Waals surface area contributed by atoms with Gasteiger partial charge in [-0.1, -0.05) is 28.1 Å². The molecule has 0 spiro atoms. The van der Waals surface area contributed by atoms with Crippen molar-refractivity contribution < 1.29 is 12.8 Å². The highest BCUT2D eigenvalue weighted by atomic mass is 79.9. The van der Waals surface area contributed by atoms with E-state index in [0.717, 1.165) is 0 Å². The van der Waals surface area contributed by atoms with Gasteiger partial charge < -0.3 is 0 Å². The van der Waals surface area contributed by atoms with Gasteiger partial charge in [0.15, 0.2) is 0 Å². The van der Waals surface area contributed by atoms with Gasteiger partial charge in [-0.3, -0.25) is 0 Å². The molecule has 0 atom stereocenters. The van der Waals surface area contributed by atoms with Gasteiger partial charge in [0.05, 0.1) is 6.21 Å². The van der Waals surface area contributed by atoms with E-state index in [4.69, 9.17) is 0 Å². The highest BCUT2D eigenvalue weighted by Gasteiger charge is 2.17. The van der Waals surface area contributed by atoms with Gasteiger partial charge in [0.1, 0.15) is 10.7 Å². The quantitative estimate of drug-likeness (QED) is 0.588. The molecule has 0 saturated heterocycles. The maximum absolute atomic E-state index is 12.7. The zero-order chi connectivity index (χ0) is 15.5. The van der Waals surface area contributed by atoms with Crippen molar-refractivity contribution in [3.63, 3.8) is 0 Å². The van der Waals surface area contributed by atoms with Gasteiger partial charge in [0.2, 0.25) is 0 Å². The van der Waals surface area contributed by atoms with Gasteiger partial charge in [0, 0.05) is 8.95 Å². The largest absolute Gasteiger partial charge is 0.277 e. The smallest absolute Gasteiger partial charge is 0.207 e. The van der Waals surface area contributed by atoms with Gasteiger partial charge in [-0.05, 0) is 51.8 Å². The third-order valence-electron chi connectivity index (χ3n) is 2.44. The number of nitrogens with one attached hydrogen (secondary N) is 1. The number of halogens is 3. The lowest BCUT2D eigenvalue weighted by Crippen LogP contribution is -2.18. The summed E-state index contributed by atoms with van der Waals surface area (Å²) in [4.78, 5) is 2.17. The Morgan fingerprint density at radius 3 is 2.43 bits per heavy atom. The summed E-state index contributed by atoms with van der Waals surface area (Å²) in [6.07, 6.45) is 1.29. The normalized spacial score (nSPS) is 11.8. The molecule has 0 fully saturated rings. The Kier molecular flexibility index (Phi) is 5.13. The van der Waals surface area contributed by atoms with E-state index in [1.807, 2.05) is 0 Å². The van der Waals surface area contributed by atoms with Crippen LogP contribution in [0.3, 0.4) is 0 Å². The lowest BCUT2D eigenvalue weighted by atomic mass is 10.2. The van der Waals surface area contributed by atoms with E-state index in [1.54, 1.807) is 12.1 Å². The molecule has 0 radical (unpaired) electrons. The van der Waals surface area contributed by atoms with Gasteiger partial charge >= 0.3 is 0 Å². The van der Waals surface area contributed by atoms with Crippen molar-refractivity contribution in [2.75, 3.05) is 0 Å². The maximum atomic E-state index is 12.7. The number of hydrogen-bond donors (Lipinski definition) is 1. The van der Waals surface area contributed by atoms with Crippen LogP contribution >= 0.6 is 31.9 Å². The molecule has 4 nitrogen and oxygen atoms in total. The first-order valence-electron chi connectivity index (χ1n) is 5.64. The van der Waals surface area contributed by atoms with Crippen LogP contribution in [0.1, 0.15) is 5.56 Å². The van der Waals surface area contributed by atoms with Crippen molar-refractivity contribution in [3.8, 4) is 0 Å². The Labute approximate surface area is 138 Å². The summed E-state index contributed by atoms with van der Waals surface area (Å²) < 4.78 is 38.0. The lowest BCUT2D eigenvalue weighted by molar-refractivity contribution is 0.584. The summed E-state index contributed by atoms with van der Waals surface area (Å²) >= 11 is 6.39. The highest BCUT2D eigenvalue weighted by Crippen LogP contribution is 2.25. The van der Waals surface area contributed by atoms with E-state index in [1.165, 1.54) is 36.5 Å². The summed E-state index contributed by atoms with van der Waals surface area (Å²) in [5, 5.41) is 3.67. The van der Waals surface area contributed by atoms with Crippen LogP contribution in [0.25, 0.3) is 0 Å². The Morgan fingerprint density at radius 1 is 1.10 bits per heavy atom. The Morgan fingerprint density at radius 2 is 1.76 bits per heavy atom. The lowest BCUT2D eigenvalue weighted by Gasteiger charge is -2.06. The molecule has 1 N–H and O–H groups in total. The molecule has 0 amide bonds. The maximum Gasteiger partial charge on any atom is 0.277 e. The Bertz CT molecular complexity index is 777. The topological polar surface area (TPSA) is 58.5 Å². The zero-order valence-corrected chi connectivity index (χ0v) is 14.4. The average molecular weight is 436 g/mol. The van der Waals surface area contributed by atoms with Crippen LogP contribution in [0.4, 0.5) is 4.39 Å². The van der Waals surface area contributed by atoms with Gasteiger partial charge in [-0.2, -0.15) is 13.5 Å².